The quantitative estimate of drug-likeness (QED) is 0.551. The Balaban J connectivity index is 1.65. The van der Waals surface area contributed by atoms with Crippen molar-refractivity contribution < 1.29 is 4.74 Å². The van der Waals surface area contributed by atoms with E-state index < -0.39 is 0 Å². The molecule has 0 saturated carbocycles. The van der Waals surface area contributed by atoms with Gasteiger partial charge >= 0.3 is 0 Å². The number of aromatic amines is 1. The van der Waals surface area contributed by atoms with Crippen LogP contribution >= 0.6 is 0 Å². The van der Waals surface area contributed by atoms with Gasteiger partial charge in [0.15, 0.2) is 17.3 Å². The minimum Gasteiger partial charge on any atom is -0.378 e. The molecule has 0 aromatic carbocycles. The largest absolute Gasteiger partial charge is 0.378 e. The Morgan fingerprint density at radius 3 is 2.57 bits per heavy atom. The maximum absolute atomic E-state index is 5.55. The van der Waals surface area contributed by atoms with Gasteiger partial charge < -0.3 is 14.5 Å². The fourth-order valence-electron chi connectivity index (χ4n) is 4.16. The van der Waals surface area contributed by atoms with Crippen LogP contribution in [0.4, 0.5) is 11.6 Å². The van der Waals surface area contributed by atoms with Crippen molar-refractivity contribution in [3.63, 3.8) is 0 Å². The van der Waals surface area contributed by atoms with Crippen molar-refractivity contribution in [2.24, 2.45) is 7.05 Å². The van der Waals surface area contributed by atoms with Crippen LogP contribution in [0.25, 0.3) is 28.1 Å². The van der Waals surface area contributed by atoms with E-state index in [1.165, 1.54) is 6.42 Å². The molecule has 10 nitrogen and oxygen atoms in total. The predicted molar refractivity (Wildman–Crippen MR) is 113 cm³/mol. The Labute approximate surface area is 173 Å². The molecule has 2 aliphatic rings. The van der Waals surface area contributed by atoms with Gasteiger partial charge in [0.05, 0.1) is 30.5 Å². The van der Waals surface area contributed by atoms with Crippen molar-refractivity contribution in [1.82, 2.24) is 34.7 Å². The third kappa shape index (κ3) is 2.67. The Morgan fingerprint density at radius 2 is 1.90 bits per heavy atom. The number of hydrogen-bond acceptors (Lipinski definition) is 7. The molecule has 2 fully saturated rings. The number of ether oxygens (including phenoxy) is 1. The van der Waals surface area contributed by atoms with Crippen molar-refractivity contribution >= 4 is 22.7 Å². The number of H-pyrrole nitrogens is 1. The first-order chi connectivity index (χ1) is 14.8. The van der Waals surface area contributed by atoms with E-state index in [-0.39, 0.29) is 0 Å². The Hall–Kier alpha value is -3.40. The average Bonchev–Trinajstić information content (AvgIpc) is 3.47. The average molecular weight is 405 g/mol. The van der Waals surface area contributed by atoms with Crippen LogP contribution in [0.15, 0.2) is 30.6 Å². The first kappa shape index (κ1) is 17.5. The van der Waals surface area contributed by atoms with Gasteiger partial charge in [0.1, 0.15) is 5.82 Å². The molecule has 0 aliphatic carbocycles. The summed E-state index contributed by atoms with van der Waals surface area (Å²) >= 11 is 0. The summed E-state index contributed by atoms with van der Waals surface area (Å²) in [6, 6.07) is 6.14. The highest BCUT2D eigenvalue weighted by atomic mass is 16.5. The van der Waals surface area contributed by atoms with Gasteiger partial charge in [-0.2, -0.15) is 14.9 Å². The van der Waals surface area contributed by atoms with Gasteiger partial charge in [-0.25, -0.2) is 4.98 Å². The molecule has 30 heavy (non-hydrogen) atoms. The smallest absolute Gasteiger partial charge is 0.169 e. The topological polar surface area (TPSA) is 92.9 Å². The third-order valence-electron chi connectivity index (χ3n) is 5.91. The molecule has 6 heterocycles. The number of aromatic nitrogens is 7. The molecule has 1 N–H and O–H groups in total. The van der Waals surface area contributed by atoms with Crippen LogP contribution in [-0.2, 0) is 11.8 Å². The van der Waals surface area contributed by atoms with Crippen LogP contribution in [-0.4, -0.2) is 74.1 Å². The molecule has 6 rings (SSSR count). The van der Waals surface area contributed by atoms with E-state index in [0.717, 1.165) is 65.9 Å². The van der Waals surface area contributed by atoms with E-state index >= 15 is 0 Å². The van der Waals surface area contributed by atoms with Crippen molar-refractivity contribution in [3.05, 3.63) is 30.6 Å². The Kier molecular flexibility index (Phi) is 3.98. The number of nitrogens with zero attached hydrogens (tertiary/aromatic N) is 8. The number of aryl methyl sites for hydroxylation is 1. The first-order valence-electron chi connectivity index (χ1n) is 10.3. The first-order valence-corrected chi connectivity index (χ1v) is 10.3. The highest BCUT2D eigenvalue weighted by Crippen LogP contribution is 2.39. The van der Waals surface area contributed by atoms with Gasteiger partial charge in [-0.05, 0) is 18.6 Å². The second-order valence-electron chi connectivity index (χ2n) is 7.68. The number of morpholine rings is 1. The molecule has 4 aromatic rings. The van der Waals surface area contributed by atoms with Crippen molar-refractivity contribution in [2.45, 2.75) is 6.42 Å². The van der Waals surface area contributed by atoms with Gasteiger partial charge in [-0.1, -0.05) is 0 Å². The molecule has 0 bridgehead atoms. The summed E-state index contributed by atoms with van der Waals surface area (Å²) in [5.41, 5.74) is 2.96. The van der Waals surface area contributed by atoms with Crippen molar-refractivity contribution in [2.75, 3.05) is 49.2 Å². The summed E-state index contributed by atoms with van der Waals surface area (Å²) in [4.78, 5) is 9.67. The van der Waals surface area contributed by atoms with Gasteiger partial charge in [0.25, 0.3) is 0 Å². The SMILES string of the molecule is Cn1nccc1-c1cc(N2CCOCC2)nc2c1c(N1CCC1)nn2-c1ccn[nH]1. The molecule has 0 spiro atoms. The molecule has 2 aliphatic heterocycles. The Bertz CT molecular complexity index is 1180. The van der Waals surface area contributed by atoms with E-state index in [1.807, 2.05) is 34.7 Å². The minimum absolute atomic E-state index is 0.708. The number of fused-ring (bicyclic) bond motifs is 1. The fraction of sp³-hybridized carbons (Fsp3) is 0.400. The normalized spacial score (nSPS) is 17.0. The summed E-state index contributed by atoms with van der Waals surface area (Å²) < 4.78 is 9.33. The zero-order valence-corrected chi connectivity index (χ0v) is 16.8. The van der Waals surface area contributed by atoms with E-state index in [2.05, 4.69) is 31.2 Å². The lowest BCUT2D eigenvalue weighted by Crippen LogP contribution is -2.37. The van der Waals surface area contributed by atoms with E-state index in [9.17, 15) is 0 Å². The van der Waals surface area contributed by atoms with E-state index in [1.54, 1.807) is 6.20 Å². The summed E-state index contributed by atoms with van der Waals surface area (Å²) in [5.74, 6) is 2.69. The fourth-order valence-corrected chi connectivity index (χ4v) is 4.16. The van der Waals surface area contributed by atoms with Gasteiger partial charge in [-0.3, -0.25) is 9.78 Å². The zero-order valence-electron chi connectivity index (χ0n) is 16.8. The Morgan fingerprint density at radius 1 is 1.03 bits per heavy atom. The molecular weight excluding hydrogens is 382 g/mol. The molecule has 0 radical (unpaired) electrons. The van der Waals surface area contributed by atoms with Gasteiger partial charge in [0.2, 0.25) is 0 Å². The van der Waals surface area contributed by atoms with Crippen LogP contribution in [0, 0.1) is 0 Å². The summed E-state index contributed by atoms with van der Waals surface area (Å²) in [7, 11) is 1.97. The number of rotatable bonds is 4. The van der Waals surface area contributed by atoms with Crippen LogP contribution in [0.1, 0.15) is 6.42 Å². The molecule has 10 heteroatoms. The zero-order chi connectivity index (χ0) is 20.1. The maximum atomic E-state index is 5.55. The predicted octanol–water partition coefficient (Wildman–Crippen LogP) is 1.59. The highest BCUT2D eigenvalue weighted by Gasteiger charge is 2.28. The summed E-state index contributed by atoms with van der Waals surface area (Å²) in [6.45, 7) is 5.07. The van der Waals surface area contributed by atoms with Gasteiger partial charge in [0, 0.05) is 51.1 Å². The van der Waals surface area contributed by atoms with Crippen LogP contribution in [0.3, 0.4) is 0 Å². The second-order valence-corrected chi connectivity index (χ2v) is 7.68. The molecular formula is C20H23N9O. The number of anilines is 2. The van der Waals surface area contributed by atoms with Crippen molar-refractivity contribution in [3.8, 4) is 17.1 Å². The number of pyridine rings is 1. The lowest BCUT2D eigenvalue weighted by atomic mass is 10.1. The molecule has 0 unspecified atom stereocenters. The molecule has 2 saturated heterocycles. The lowest BCUT2D eigenvalue weighted by Gasteiger charge is -2.31. The molecule has 0 amide bonds. The molecule has 0 atom stereocenters. The maximum Gasteiger partial charge on any atom is 0.169 e. The third-order valence-corrected chi connectivity index (χ3v) is 5.91. The lowest BCUT2D eigenvalue weighted by molar-refractivity contribution is 0.122. The van der Waals surface area contributed by atoms with Crippen LogP contribution < -0.4 is 9.80 Å². The summed E-state index contributed by atoms with van der Waals surface area (Å²) in [5, 5.41) is 17.6. The second kappa shape index (κ2) is 6.84. The van der Waals surface area contributed by atoms with Crippen LogP contribution in [0.2, 0.25) is 0 Å². The monoisotopic (exact) mass is 405 g/mol. The van der Waals surface area contributed by atoms with Crippen LogP contribution in [0.5, 0.6) is 0 Å². The summed E-state index contributed by atoms with van der Waals surface area (Å²) in [6.07, 6.45) is 4.75. The molecule has 4 aromatic heterocycles. The number of hydrogen-bond donors (Lipinski definition) is 1. The van der Waals surface area contributed by atoms with E-state index in [0.29, 0.717) is 13.2 Å². The highest BCUT2D eigenvalue weighted by molar-refractivity contribution is 6.02. The van der Waals surface area contributed by atoms with Crippen molar-refractivity contribution in [1.29, 1.82) is 0 Å². The molecule has 154 valence electrons. The number of nitrogens with one attached hydrogen (secondary N) is 1. The minimum atomic E-state index is 0.708. The van der Waals surface area contributed by atoms with E-state index in [4.69, 9.17) is 14.8 Å². The van der Waals surface area contributed by atoms with Gasteiger partial charge in [-0.15, -0.1) is 5.10 Å². The standard InChI is InChI=1S/C20H23N9O/c1-26-15(3-6-22-26)14-13-17(27-9-11-30-12-10-27)23-19-18(14)20(28-7-2-8-28)25-29(19)16-4-5-21-24-16/h3-6,13H,2,7-12H2,1H3,(H,21,24).